The van der Waals surface area contributed by atoms with Crippen molar-refractivity contribution < 1.29 is 14.3 Å². The molecule has 20 heavy (non-hydrogen) atoms. The average Bonchev–Trinajstić information content (AvgIpc) is 3.06. The molecule has 0 unspecified atom stereocenters. The molecule has 0 bridgehead atoms. The quantitative estimate of drug-likeness (QED) is 0.765. The number of hydrogen-bond donors (Lipinski definition) is 1. The van der Waals surface area contributed by atoms with E-state index in [1.165, 1.54) is 0 Å². The normalized spacial score (nSPS) is 22.1. The van der Waals surface area contributed by atoms with Gasteiger partial charge in [0.2, 0.25) is 5.91 Å². The summed E-state index contributed by atoms with van der Waals surface area (Å²) in [7, 11) is 0. The van der Waals surface area contributed by atoms with Gasteiger partial charge in [-0.2, -0.15) is 0 Å². The van der Waals surface area contributed by atoms with Gasteiger partial charge in [0.25, 0.3) is 0 Å². The highest BCUT2D eigenvalue weighted by atomic mass is 16.5. The number of ether oxygens (including phenoxy) is 2. The maximum Gasteiger partial charge on any atom is 0.246 e. The van der Waals surface area contributed by atoms with Crippen molar-refractivity contribution in [1.29, 1.82) is 0 Å². The first-order chi connectivity index (χ1) is 9.76. The lowest BCUT2D eigenvalue weighted by Gasteiger charge is -2.20. The molecule has 0 aromatic carbocycles. The number of nitrogens with one attached hydrogen (secondary N) is 1. The summed E-state index contributed by atoms with van der Waals surface area (Å²) in [6.07, 6.45) is 5.25. The molecule has 2 heterocycles. The van der Waals surface area contributed by atoms with Crippen LogP contribution in [0.1, 0.15) is 38.6 Å². The van der Waals surface area contributed by atoms with Crippen molar-refractivity contribution in [2.75, 3.05) is 19.8 Å². The fraction of sp³-hybridized carbons (Fsp3) is 0.714. The molecule has 1 aromatic heterocycles. The molecule has 0 radical (unpaired) electrons. The van der Waals surface area contributed by atoms with Crippen LogP contribution in [0.5, 0.6) is 0 Å². The van der Waals surface area contributed by atoms with Gasteiger partial charge < -0.3 is 19.4 Å². The molecule has 1 aliphatic heterocycles. The van der Waals surface area contributed by atoms with Crippen molar-refractivity contribution in [1.82, 2.24) is 14.9 Å². The molecule has 1 fully saturated rings. The first-order valence-corrected chi connectivity index (χ1v) is 7.26. The predicted octanol–water partition coefficient (Wildman–Crippen LogP) is 1.28. The van der Waals surface area contributed by atoms with Crippen LogP contribution in [0.25, 0.3) is 0 Å². The lowest BCUT2D eigenvalue weighted by Crippen LogP contribution is -2.39. The first kappa shape index (κ1) is 15.0. The molecule has 1 N–H and O–H groups in total. The SMILES string of the molecule is CCCOCC(=O)N[C@H]1CCO[C@@H]1c1nccn1CC. The smallest absolute Gasteiger partial charge is 0.246 e. The summed E-state index contributed by atoms with van der Waals surface area (Å²) >= 11 is 0. The van der Waals surface area contributed by atoms with E-state index >= 15 is 0 Å². The van der Waals surface area contributed by atoms with Crippen molar-refractivity contribution >= 4 is 5.91 Å². The van der Waals surface area contributed by atoms with Crippen LogP contribution in [-0.4, -0.2) is 41.3 Å². The van der Waals surface area contributed by atoms with Crippen LogP contribution in [0.15, 0.2) is 12.4 Å². The highest BCUT2D eigenvalue weighted by molar-refractivity contribution is 5.77. The van der Waals surface area contributed by atoms with Crippen molar-refractivity contribution in [2.45, 2.75) is 45.4 Å². The summed E-state index contributed by atoms with van der Waals surface area (Å²) < 4.78 is 13.0. The summed E-state index contributed by atoms with van der Waals surface area (Å²) in [6.45, 7) is 6.28. The Morgan fingerprint density at radius 1 is 1.60 bits per heavy atom. The van der Waals surface area contributed by atoms with E-state index in [2.05, 4.69) is 17.2 Å². The number of carbonyl (C=O) groups excluding carboxylic acids is 1. The molecule has 1 aromatic rings. The first-order valence-electron chi connectivity index (χ1n) is 7.26. The minimum absolute atomic E-state index is 0.0274. The van der Waals surface area contributed by atoms with Gasteiger partial charge in [0, 0.05) is 32.2 Å². The number of amides is 1. The Kier molecular flexibility index (Phi) is 5.55. The number of carbonyl (C=O) groups is 1. The average molecular weight is 281 g/mol. The third kappa shape index (κ3) is 3.58. The maximum absolute atomic E-state index is 11.8. The van der Waals surface area contributed by atoms with E-state index in [1.54, 1.807) is 6.20 Å². The van der Waals surface area contributed by atoms with E-state index in [1.807, 2.05) is 17.7 Å². The lowest BCUT2D eigenvalue weighted by atomic mass is 10.1. The van der Waals surface area contributed by atoms with Crippen LogP contribution in [0.2, 0.25) is 0 Å². The van der Waals surface area contributed by atoms with Crippen LogP contribution in [0.4, 0.5) is 0 Å². The van der Waals surface area contributed by atoms with Gasteiger partial charge in [0.1, 0.15) is 18.5 Å². The molecular formula is C14H23N3O3. The molecule has 2 atom stereocenters. The second-order valence-electron chi connectivity index (χ2n) is 4.88. The predicted molar refractivity (Wildman–Crippen MR) is 74.3 cm³/mol. The summed E-state index contributed by atoms with van der Waals surface area (Å²) in [5, 5.41) is 2.99. The van der Waals surface area contributed by atoms with Gasteiger partial charge in [-0.05, 0) is 19.8 Å². The molecule has 6 heteroatoms. The van der Waals surface area contributed by atoms with Crippen LogP contribution < -0.4 is 5.32 Å². The van der Waals surface area contributed by atoms with E-state index in [9.17, 15) is 4.79 Å². The lowest BCUT2D eigenvalue weighted by molar-refractivity contribution is -0.126. The molecule has 2 rings (SSSR count). The third-order valence-electron chi connectivity index (χ3n) is 3.36. The van der Waals surface area contributed by atoms with E-state index < -0.39 is 0 Å². The largest absolute Gasteiger partial charge is 0.372 e. The van der Waals surface area contributed by atoms with E-state index in [0.29, 0.717) is 13.2 Å². The molecule has 0 aliphatic carbocycles. The van der Waals surface area contributed by atoms with Gasteiger partial charge in [-0.25, -0.2) is 4.98 Å². The Morgan fingerprint density at radius 3 is 3.20 bits per heavy atom. The van der Waals surface area contributed by atoms with Gasteiger partial charge in [0.15, 0.2) is 0 Å². The fourth-order valence-electron chi connectivity index (χ4n) is 2.39. The van der Waals surface area contributed by atoms with E-state index in [0.717, 1.165) is 25.2 Å². The fourth-order valence-corrected chi connectivity index (χ4v) is 2.39. The van der Waals surface area contributed by atoms with E-state index in [4.69, 9.17) is 9.47 Å². The second kappa shape index (κ2) is 7.40. The highest BCUT2D eigenvalue weighted by Crippen LogP contribution is 2.28. The summed E-state index contributed by atoms with van der Waals surface area (Å²) in [5.41, 5.74) is 0. The van der Waals surface area contributed by atoms with Gasteiger partial charge in [0.05, 0.1) is 6.04 Å². The number of aryl methyl sites for hydroxylation is 1. The summed E-state index contributed by atoms with van der Waals surface area (Å²) in [6, 6.07) is -0.0274. The van der Waals surface area contributed by atoms with Crippen molar-refractivity contribution in [3.05, 3.63) is 18.2 Å². The third-order valence-corrected chi connectivity index (χ3v) is 3.36. The zero-order chi connectivity index (χ0) is 14.4. The standard InChI is InChI=1S/C14H23N3O3/c1-3-8-19-10-12(18)16-11-5-9-20-13(11)14-15-6-7-17(14)4-2/h6-7,11,13H,3-5,8-10H2,1-2H3,(H,16,18)/t11-,13-/m0/s1. The zero-order valence-electron chi connectivity index (χ0n) is 12.2. The minimum Gasteiger partial charge on any atom is -0.372 e. The van der Waals surface area contributed by atoms with Crippen molar-refractivity contribution in [3.63, 3.8) is 0 Å². The molecule has 0 saturated carbocycles. The Labute approximate surface area is 119 Å². The Hall–Kier alpha value is -1.40. The Bertz CT molecular complexity index is 433. The topological polar surface area (TPSA) is 65.4 Å². The number of nitrogens with zero attached hydrogens (tertiary/aromatic N) is 2. The van der Waals surface area contributed by atoms with Crippen molar-refractivity contribution in [2.24, 2.45) is 0 Å². The summed E-state index contributed by atoms with van der Waals surface area (Å²) in [4.78, 5) is 16.2. The monoisotopic (exact) mass is 281 g/mol. The van der Waals surface area contributed by atoms with Gasteiger partial charge in [-0.15, -0.1) is 0 Å². The van der Waals surface area contributed by atoms with E-state index in [-0.39, 0.29) is 24.7 Å². The zero-order valence-corrected chi connectivity index (χ0v) is 12.2. The Balaban J connectivity index is 1.92. The van der Waals surface area contributed by atoms with Crippen molar-refractivity contribution in [3.8, 4) is 0 Å². The molecule has 6 nitrogen and oxygen atoms in total. The van der Waals surface area contributed by atoms with Crippen LogP contribution in [0.3, 0.4) is 0 Å². The number of imidazole rings is 1. The van der Waals surface area contributed by atoms with Gasteiger partial charge >= 0.3 is 0 Å². The number of hydrogen-bond acceptors (Lipinski definition) is 4. The van der Waals surface area contributed by atoms with Crippen LogP contribution in [0, 0.1) is 0 Å². The van der Waals surface area contributed by atoms with Crippen LogP contribution >= 0.6 is 0 Å². The molecule has 1 saturated heterocycles. The molecule has 1 aliphatic rings. The highest BCUT2D eigenvalue weighted by Gasteiger charge is 2.33. The molecule has 0 spiro atoms. The minimum atomic E-state index is -0.167. The Morgan fingerprint density at radius 2 is 2.45 bits per heavy atom. The second-order valence-corrected chi connectivity index (χ2v) is 4.88. The number of aromatic nitrogens is 2. The van der Waals surface area contributed by atoms with Gasteiger partial charge in [-0.3, -0.25) is 4.79 Å². The number of rotatable bonds is 7. The van der Waals surface area contributed by atoms with Crippen LogP contribution in [-0.2, 0) is 20.8 Å². The van der Waals surface area contributed by atoms with Gasteiger partial charge in [-0.1, -0.05) is 6.92 Å². The maximum atomic E-state index is 11.8. The molecular weight excluding hydrogens is 258 g/mol. The molecule has 112 valence electrons. The summed E-state index contributed by atoms with van der Waals surface area (Å²) in [5.74, 6) is 0.790. The molecule has 1 amide bonds.